The summed E-state index contributed by atoms with van der Waals surface area (Å²) in [6.07, 6.45) is 0. The first kappa shape index (κ1) is 21.9. The van der Waals surface area contributed by atoms with E-state index in [1.165, 1.54) is 4.90 Å². The Morgan fingerprint density at radius 1 is 1.10 bits per heavy atom. The van der Waals surface area contributed by atoms with Crippen LogP contribution in [0.2, 0.25) is 5.02 Å². The molecule has 0 aliphatic rings. The van der Waals surface area contributed by atoms with Crippen LogP contribution in [0.15, 0.2) is 60.0 Å². The molecule has 0 spiro atoms. The summed E-state index contributed by atoms with van der Waals surface area (Å²) in [5.74, 6) is -0.645. The van der Waals surface area contributed by atoms with Crippen molar-refractivity contribution in [3.63, 3.8) is 0 Å². The van der Waals surface area contributed by atoms with Crippen LogP contribution in [0.25, 0.3) is 0 Å². The Labute approximate surface area is 185 Å². The first-order chi connectivity index (χ1) is 14.2. The standard InChI is InChI=1S/C22H23ClN4O2S/c1-22(2,3)24-20(28)19(16-9-11-17(23)12-10-16)27(13-15-7-5-4-6-8-15)21(29)18-14-30-26-25-18/h4-12,14,19H,13H2,1-3H3,(H,24,28). The summed E-state index contributed by atoms with van der Waals surface area (Å²) in [6.45, 7) is 5.94. The van der Waals surface area contributed by atoms with Gasteiger partial charge in [0, 0.05) is 22.5 Å². The minimum atomic E-state index is -0.865. The van der Waals surface area contributed by atoms with Gasteiger partial charge < -0.3 is 10.2 Å². The Hall–Kier alpha value is -2.77. The fourth-order valence-corrected chi connectivity index (χ4v) is 3.58. The summed E-state index contributed by atoms with van der Waals surface area (Å²) in [4.78, 5) is 28.3. The van der Waals surface area contributed by atoms with Crippen LogP contribution < -0.4 is 5.32 Å². The van der Waals surface area contributed by atoms with E-state index in [9.17, 15) is 9.59 Å². The fourth-order valence-electron chi connectivity index (χ4n) is 3.02. The first-order valence-corrected chi connectivity index (χ1v) is 10.7. The predicted octanol–water partition coefficient (Wildman–Crippen LogP) is 4.49. The normalized spacial score (nSPS) is 12.3. The summed E-state index contributed by atoms with van der Waals surface area (Å²) < 4.78 is 3.81. The number of nitrogens with one attached hydrogen (secondary N) is 1. The van der Waals surface area contributed by atoms with Crippen LogP contribution in [-0.4, -0.2) is 31.8 Å². The van der Waals surface area contributed by atoms with Gasteiger partial charge in [-0.25, -0.2) is 0 Å². The third kappa shape index (κ3) is 5.64. The molecule has 3 aromatic rings. The highest BCUT2D eigenvalue weighted by Gasteiger charge is 2.34. The van der Waals surface area contributed by atoms with E-state index in [2.05, 4.69) is 14.9 Å². The molecular weight excluding hydrogens is 420 g/mol. The minimum Gasteiger partial charge on any atom is -0.349 e. The maximum absolute atomic E-state index is 13.4. The number of halogens is 1. The zero-order valence-corrected chi connectivity index (χ0v) is 18.6. The van der Waals surface area contributed by atoms with E-state index >= 15 is 0 Å². The Bertz CT molecular complexity index is 986. The van der Waals surface area contributed by atoms with Gasteiger partial charge in [0.2, 0.25) is 5.91 Å². The van der Waals surface area contributed by atoms with E-state index in [1.54, 1.807) is 29.6 Å². The van der Waals surface area contributed by atoms with E-state index in [-0.39, 0.29) is 24.1 Å². The zero-order valence-electron chi connectivity index (χ0n) is 17.0. The third-order valence-corrected chi connectivity index (χ3v) is 5.04. The molecule has 6 nitrogen and oxygen atoms in total. The maximum atomic E-state index is 13.4. The molecule has 0 saturated carbocycles. The molecule has 1 N–H and O–H groups in total. The summed E-state index contributed by atoms with van der Waals surface area (Å²) in [5.41, 5.74) is 1.30. The number of nitrogens with zero attached hydrogens (tertiary/aromatic N) is 3. The van der Waals surface area contributed by atoms with Crippen molar-refractivity contribution in [1.82, 2.24) is 19.8 Å². The van der Waals surface area contributed by atoms with Crippen molar-refractivity contribution < 1.29 is 9.59 Å². The molecule has 156 valence electrons. The fraction of sp³-hybridized carbons (Fsp3) is 0.273. The second-order valence-electron chi connectivity index (χ2n) is 7.90. The van der Waals surface area contributed by atoms with E-state index in [4.69, 9.17) is 11.6 Å². The highest BCUT2D eigenvalue weighted by atomic mass is 35.5. The van der Waals surface area contributed by atoms with Crippen molar-refractivity contribution in [1.29, 1.82) is 0 Å². The largest absolute Gasteiger partial charge is 0.349 e. The number of carbonyl (C=O) groups is 2. The van der Waals surface area contributed by atoms with Crippen molar-refractivity contribution in [3.8, 4) is 0 Å². The second-order valence-corrected chi connectivity index (χ2v) is 8.95. The number of carbonyl (C=O) groups excluding carboxylic acids is 2. The number of benzene rings is 2. The maximum Gasteiger partial charge on any atom is 0.276 e. The van der Waals surface area contributed by atoms with Gasteiger partial charge in [-0.05, 0) is 55.6 Å². The van der Waals surface area contributed by atoms with Crippen LogP contribution in [0.5, 0.6) is 0 Å². The lowest BCUT2D eigenvalue weighted by atomic mass is 10.0. The first-order valence-electron chi connectivity index (χ1n) is 9.44. The van der Waals surface area contributed by atoms with E-state index in [0.717, 1.165) is 17.1 Å². The number of hydrogen-bond donors (Lipinski definition) is 1. The van der Waals surface area contributed by atoms with Crippen LogP contribution in [0, 0.1) is 0 Å². The van der Waals surface area contributed by atoms with Crippen molar-refractivity contribution >= 4 is 34.9 Å². The van der Waals surface area contributed by atoms with Gasteiger partial charge in [0.05, 0.1) is 0 Å². The Morgan fingerprint density at radius 3 is 2.33 bits per heavy atom. The van der Waals surface area contributed by atoms with Gasteiger partial charge in [0.25, 0.3) is 5.91 Å². The molecule has 1 atom stereocenters. The number of rotatable bonds is 6. The minimum absolute atomic E-state index is 0.207. The summed E-state index contributed by atoms with van der Waals surface area (Å²) in [7, 11) is 0. The molecule has 3 rings (SSSR count). The van der Waals surface area contributed by atoms with E-state index in [0.29, 0.717) is 10.6 Å². The number of aromatic nitrogens is 2. The highest BCUT2D eigenvalue weighted by Crippen LogP contribution is 2.27. The summed E-state index contributed by atoms with van der Waals surface area (Å²) in [5, 5.41) is 9.07. The van der Waals surface area contributed by atoms with E-state index in [1.807, 2.05) is 51.1 Å². The van der Waals surface area contributed by atoms with Gasteiger partial charge in [0.1, 0.15) is 6.04 Å². The topological polar surface area (TPSA) is 75.2 Å². The molecule has 1 unspecified atom stereocenters. The van der Waals surface area contributed by atoms with Gasteiger partial charge >= 0.3 is 0 Å². The van der Waals surface area contributed by atoms with Crippen LogP contribution in [0.4, 0.5) is 0 Å². The molecule has 0 fully saturated rings. The van der Waals surface area contributed by atoms with Gasteiger partial charge in [-0.1, -0.05) is 58.6 Å². The lowest BCUT2D eigenvalue weighted by molar-refractivity contribution is -0.127. The molecule has 0 aliphatic heterocycles. The molecule has 1 heterocycles. The average molecular weight is 443 g/mol. The number of amides is 2. The lowest BCUT2D eigenvalue weighted by Gasteiger charge is -2.33. The van der Waals surface area contributed by atoms with Crippen molar-refractivity contribution in [3.05, 3.63) is 81.8 Å². The van der Waals surface area contributed by atoms with Crippen molar-refractivity contribution in [2.24, 2.45) is 0 Å². The molecule has 8 heteroatoms. The van der Waals surface area contributed by atoms with Gasteiger partial charge in [-0.3, -0.25) is 9.59 Å². The molecule has 0 saturated heterocycles. The average Bonchev–Trinajstić information content (AvgIpc) is 3.22. The molecule has 2 aromatic carbocycles. The Morgan fingerprint density at radius 2 is 1.77 bits per heavy atom. The van der Waals surface area contributed by atoms with E-state index < -0.39 is 11.6 Å². The predicted molar refractivity (Wildman–Crippen MR) is 118 cm³/mol. The monoisotopic (exact) mass is 442 g/mol. The SMILES string of the molecule is CC(C)(C)NC(=O)C(c1ccc(Cl)cc1)N(Cc1ccccc1)C(=O)c1csnn1. The zero-order chi connectivity index (χ0) is 21.7. The van der Waals surface area contributed by atoms with Gasteiger partial charge in [0.15, 0.2) is 5.69 Å². The Kier molecular flexibility index (Phi) is 6.84. The molecular formula is C22H23ClN4O2S. The van der Waals surface area contributed by atoms with Gasteiger partial charge in [-0.15, -0.1) is 5.10 Å². The molecule has 30 heavy (non-hydrogen) atoms. The van der Waals surface area contributed by atoms with Gasteiger partial charge in [-0.2, -0.15) is 0 Å². The van der Waals surface area contributed by atoms with Crippen LogP contribution >= 0.6 is 23.1 Å². The molecule has 0 aliphatic carbocycles. The number of hydrogen-bond acceptors (Lipinski definition) is 5. The van der Waals surface area contributed by atoms with Crippen LogP contribution in [-0.2, 0) is 11.3 Å². The molecule has 0 bridgehead atoms. The highest BCUT2D eigenvalue weighted by molar-refractivity contribution is 7.03. The second kappa shape index (κ2) is 9.36. The molecule has 1 aromatic heterocycles. The summed E-state index contributed by atoms with van der Waals surface area (Å²) in [6, 6.07) is 15.6. The Balaban J connectivity index is 2.07. The third-order valence-electron chi connectivity index (χ3n) is 4.28. The molecule has 2 amide bonds. The summed E-state index contributed by atoms with van der Waals surface area (Å²) >= 11 is 7.15. The quantitative estimate of drug-likeness (QED) is 0.610. The van der Waals surface area contributed by atoms with Crippen molar-refractivity contribution in [2.75, 3.05) is 0 Å². The van der Waals surface area contributed by atoms with Crippen LogP contribution in [0.1, 0.15) is 48.4 Å². The smallest absolute Gasteiger partial charge is 0.276 e. The van der Waals surface area contributed by atoms with Crippen LogP contribution in [0.3, 0.4) is 0 Å². The molecule has 0 radical (unpaired) electrons. The lowest BCUT2D eigenvalue weighted by Crippen LogP contribution is -2.49. The van der Waals surface area contributed by atoms with Crippen molar-refractivity contribution in [2.45, 2.75) is 38.9 Å².